The number of likely N-dealkylation sites (tertiary alicyclic amines) is 1. The SMILES string of the molecule is COc1ccc2c3c1O[C@H]1C(OC(=O)[C@H](C)OC(=O)[C@H](C)OC(C)=O)=CC[C@]4(O)C(C2)N(C)CC[C@]314. The average Bonchev–Trinajstić information content (AvgIpc) is 3.18. The number of benzene rings is 1. The molecule has 1 unspecified atom stereocenters. The lowest BCUT2D eigenvalue weighted by Gasteiger charge is -2.61. The van der Waals surface area contributed by atoms with Gasteiger partial charge in [-0.1, -0.05) is 6.07 Å². The van der Waals surface area contributed by atoms with Crippen molar-refractivity contribution in [3.8, 4) is 11.5 Å². The Balaban J connectivity index is 1.45. The molecule has 10 heteroatoms. The van der Waals surface area contributed by atoms with Crippen LogP contribution in [0.2, 0.25) is 0 Å². The fourth-order valence-electron chi connectivity index (χ4n) is 6.40. The molecule has 2 bridgehead atoms. The molecule has 2 aliphatic carbocycles. The molecule has 1 saturated heterocycles. The number of likely N-dealkylation sites (N-methyl/N-ethyl adjacent to an activating group) is 1. The van der Waals surface area contributed by atoms with E-state index in [4.69, 9.17) is 23.7 Å². The highest BCUT2D eigenvalue weighted by molar-refractivity contribution is 5.83. The van der Waals surface area contributed by atoms with E-state index >= 15 is 0 Å². The fourth-order valence-corrected chi connectivity index (χ4v) is 6.40. The first-order chi connectivity index (χ1) is 17.0. The molecule has 1 spiro atoms. The molecule has 1 aromatic carbocycles. The lowest BCUT2D eigenvalue weighted by molar-refractivity contribution is -0.179. The number of nitrogens with zero attached hydrogens (tertiary/aromatic N) is 1. The highest BCUT2D eigenvalue weighted by Gasteiger charge is 2.72. The summed E-state index contributed by atoms with van der Waals surface area (Å²) in [7, 11) is 3.58. The molecule has 5 rings (SSSR count). The van der Waals surface area contributed by atoms with E-state index in [9.17, 15) is 19.5 Å². The van der Waals surface area contributed by atoms with Gasteiger partial charge in [-0.2, -0.15) is 0 Å². The van der Waals surface area contributed by atoms with Crippen LogP contribution in [0.4, 0.5) is 0 Å². The highest BCUT2D eigenvalue weighted by atomic mass is 16.6. The molecule has 194 valence electrons. The monoisotopic (exact) mass is 501 g/mol. The lowest BCUT2D eigenvalue weighted by Crippen LogP contribution is -2.74. The van der Waals surface area contributed by atoms with E-state index in [0.29, 0.717) is 24.3 Å². The summed E-state index contributed by atoms with van der Waals surface area (Å²) in [6.45, 7) is 4.67. The molecule has 0 aromatic heterocycles. The second-order valence-corrected chi connectivity index (χ2v) is 10.0. The van der Waals surface area contributed by atoms with Crippen LogP contribution in [0, 0.1) is 0 Å². The van der Waals surface area contributed by atoms with Crippen LogP contribution >= 0.6 is 0 Å². The van der Waals surface area contributed by atoms with Crippen molar-refractivity contribution in [1.29, 1.82) is 0 Å². The topological polar surface area (TPSA) is 121 Å². The molecule has 0 radical (unpaired) electrons. The van der Waals surface area contributed by atoms with Gasteiger partial charge in [0, 0.05) is 24.9 Å². The average molecular weight is 502 g/mol. The lowest BCUT2D eigenvalue weighted by atomic mass is 9.50. The molecule has 6 atom stereocenters. The normalized spacial score (nSPS) is 31.2. The van der Waals surface area contributed by atoms with Crippen molar-refractivity contribution in [3.05, 3.63) is 35.1 Å². The standard InChI is InChI=1S/C26H31NO9/c1-13(33-15(3)28)23(29)34-14(2)24(30)35-18-8-9-26(31)19-12-16-6-7-17(32-5)21-20(16)25(26,22(18)36-21)10-11-27(19)4/h6-8,13-14,19,22,31H,9-12H2,1-5H3/t13-,14-,19?,22-,25-,26-/m0/s1. The molecule has 1 aromatic rings. The van der Waals surface area contributed by atoms with Gasteiger partial charge in [0.1, 0.15) is 5.76 Å². The van der Waals surface area contributed by atoms with Crippen LogP contribution in [0.5, 0.6) is 11.5 Å². The Kier molecular flexibility index (Phi) is 5.79. The molecule has 36 heavy (non-hydrogen) atoms. The number of hydrogen-bond acceptors (Lipinski definition) is 10. The van der Waals surface area contributed by atoms with Crippen LogP contribution in [0.25, 0.3) is 0 Å². The van der Waals surface area contributed by atoms with Crippen LogP contribution in [0.1, 0.15) is 44.7 Å². The van der Waals surface area contributed by atoms with E-state index in [-0.39, 0.29) is 18.2 Å². The summed E-state index contributed by atoms with van der Waals surface area (Å²) in [5.41, 5.74) is 0.0808. The van der Waals surface area contributed by atoms with E-state index in [1.165, 1.54) is 20.8 Å². The second kappa shape index (κ2) is 8.48. The van der Waals surface area contributed by atoms with E-state index in [2.05, 4.69) is 4.90 Å². The minimum absolute atomic E-state index is 0.125. The molecular formula is C26H31NO9. The van der Waals surface area contributed by atoms with Gasteiger partial charge in [0.15, 0.2) is 29.8 Å². The maximum Gasteiger partial charge on any atom is 0.352 e. The number of esters is 3. The van der Waals surface area contributed by atoms with Crippen LogP contribution in [0.3, 0.4) is 0 Å². The van der Waals surface area contributed by atoms with Gasteiger partial charge in [-0.25, -0.2) is 9.59 Å². The third kappa shape index (κ3) is 3.34. The molecule has 2 heterocycles. The van der Waals surface area contributed by atoms with Crippen molar-refractivity contribution in [2.45, 2.75) is 75.4 Å². The first-order valence-electron chi connectivity index (χ1n) is 12.1. The number of rotatable bonds is 6. The van der Waals surface area contributed by atoms with Crippen LogP contribution in [0.15, 0.2) is 24.0 Å². The van der Waals surface area contributed by atoms with E-state index in [0.717, 1.165) is 17.7 Å². The summed E-state index contributed by atoms with van der Waals surface area (Å²) in [5, 5.41) is 12.2. The third-order valence-corrected chi connectivity index (χ3v) is 8.08. The number of methoxy groups -OCH3 is 1. The van der Waals surface area contributed by atoms with Gasteiger partial charge in [-0.15, -0.1) is 0 Å². The summed E-state index contributed by atoms with van der Waals surface area (Å²) in [4.78, 5) is 38.4. The summed E-state index contributed by atoms with van der Waals surface area (Å²) in [6, 6.07) is 3.76. The Morgan fingerprint density at radius 2 is 1.89 bits per heavy atom. The molecule has 2 aliphatic heterocycles. The van der Waals surface area contributed by atoms with E-state index in [1.54, 1.807) is 13.2 Å². The molecular weight excluding hydrogens is 470 g/mol. The molecule has 10 nitrogen and oxygen atoms in total. The van der Waals surface area contributed by atoms with Gasteiger partial charge in [-0.05, 0) is 58.0 Å². The van der Waals surface area contributed by atoms with Crippen LogP contribution in [-0.4, -0.2) is 78.6 Å². The maximum absolute atomic E-state index is 12.9. The second-order valence-electron chi connectivity index (χ2n) is 10.0. The van der Waals surface area contributed by atoms with Gasteiger partial charge < -0.3 is 33.7 Å². The Morgan fingerprint density at radius 3 is 2.58 bits per heavy atom. The molecule has 1 fully saturated rings. The Labute approximate surface area is 209 Å². The van der Waals surface area contributed by atoms with Crippen LogP contribution in [-0.2, 0) is 40.4 Å². The largest absolute Gasteiger partial charge is 0.493 e. The van der Waals surface area contributed by atoms with Crippen molar-refractivity contribution in [1.82, 2.24) is 4.90 Å². The van der Waals surface area contributed by atoms with Crippen LogP contribution < -0.4 is 9.47 Å². The van der Waals surface area contributed by atoms with Crippen molar-refractivity contribution in [2.75, 3.05) is 20.7 Å². The zero-order valence-electron chi connectivity index (χ0n) is 21.0. The van der Waals surface area contributed by atoms with E-state index < -0.39 is 47.2 Å². The Bertz CT molecular complexity index is 1160. The number of piperidine rings is 1. The van der Waals surface area contributed by atoms with Gasteiger partial charge in [0.2, 0.25) is 0 Å². The number of ether oxygens (including phenoxy) is 5. The van der Waals surface area contributed by atoms with E-state index in [1.807, 2.05) is 19.2 Å². The van der Waals surface area contributed by atoms with Gasteiger partial charge in [0.05, 0.1) is 18.1 Å². The molecule has 0 saturated carbocycles. The molecule has 0 amide bonds. The zero-order chi connectivity index (χ0) is 26.0. The summed E-state index contributed by atoms with van der Waals surface area (Å²) in [5.74, 6) is -0.881. The van der Waals surface area contributed by atoms with Crippen molar-refractivity contribution in [3.63, 3.8) is 0 Å². The third-order valence-electron chi connectivity index (χ3n) is 8.08. The predicted octanol–water partition coefficient (Wildman–Crippen LogP) is 1.40. The summed E-state index contributed by atoms with van der Waals surface area (Å²) in [6.07, 6.45) is 0.105. The number of hydrogen-bond donors (Lipinski definition) is 1. The molecule has 4 aliphatic rings. The Morgan fingerprint density at radius 1 is 1.17 bits per heavy atom. The zero-order valence-corrected chi connectivity index (χ0v) is 21.0. The first kappa shape index (κ1) is 24.6. The smallest absolute Gasteiger partial charge is 0.352 e. The summed E-state index contributed by atoms with van der Waals surface area (Å²) >= 11 is 0. The quantitative estimate of drug-likeness (QED) is 0.452. The minimum atomic E-state index is -1.25. The first-order valence-corrected chi connectivity index (χ1v) is 12.1. The van der Waals surface area contributed by atoms with Crippen molar-refractivity contribution in [2.24, 2.45) is 0 Å². The number of carbonyl (C=O) groups is 3. The van der Waals surface area contributed by atoms with Crippen molar-refractivity contribution >= 4 is 17.9 Å². The van der Waals surface area contributed by atoms with Gasteiger partial charge in [0.25, 0.3) is 0 Å². The van der Waals surface area contributed by atoms with Gasteiger partial charge in [-0.3, -0.25) is 4.79 Å². The molecule has 1 N–H and O–H groups in total. The minimum Gasteiger partial charge on any atom is -0.493 e. The van der Waals surface area contributed by atoms with Gasteiger partial charge >= 0.3 is 17.9 Å². The number of aliphatic hydroxyl groups is 1. The maximum atomic E-state index is 12.9. The summed E-state index contributed by atoms with van der Waals surface area (Å²) < 4.78 is 27.7. The highest BCUT2D eigenvalue weighted by Crippen LogP contribution is 2.65. The number of carbonyl (C=O) groups excluding carboxylic acids is 3. The fraction of sp³-hybridized carbons (Fsp3) is 0.577. The predicted molar refractivity (Wildman–Crippen MR) is 124 cm³/mol. The Hall–Kier alpha value is -3.11. The van der Waals surface area contributed by atoms with Crippen molar-refractivity contribution < 1.29 is 43.2 Å².